The van der Waals surface area contributed by atoms with Crippen LogP contribution in [-0.2, 0) is 35.7 Å². The number of carbonyl (C=O) groups is 2. The number of nitrogens with zero attached hydrogens (tertiary/aromatic N) is 2. The van der Waals surface area contributed by atoms with E-state index in [4.69, 9.17) is 19.9 Å². The number of carbonyl (C=O) groups excluding carboxylic acids is 2. The number of aliphatic hydroxyl groups is 2. The summed E-state index contributed by atoms with van der Waals surface area (Å²) in [5.74, 6) is 0.336. The van der Waals surface area contributed by atoms with Crippen LogP contribution < -0.4 is 10.5 Å². The Morgan fingerprint density at radius 3 is 2.50 bits per heavy atom. The first-order valence-electron chi connectivity index (χ1n) is 12.8. The summed E-state index contributed by atoms with van der Waals surface area (Å²) >= 11 is 0. The molecule has 10 nitrogen and oxygen atoms in total. The summed E-state index contributed by atoms with van der Waals surface area (Å²) in [4.78, 5) is 28.8. The minimum atomic E-state index is -1.27. The fourth-order valence-electron chi connectivity index (χ4n) is 4.83. The van der Waals surface area contributed by atoms with Gasteiger partial charge >= 0.3 is 6.09 Å². The highest BCUT2D eigenvalue weighted by atomic mass is 16.6. The van der Waals surface area contributed by atoms with E-state index >= 15 is 0 Å². The number of methoxy groups -OCH3 is 1. The monoisotopic (exact) mass is 527 g/mol. The van der Waals surface area contributed by atoms with Gasteiger partial charge in [0.05, 0.1) is 12.6 Å². The van der Waals surface area contributed by atoms with E-state index in [-0.39, 0.29) is 38.0 Å². The Morgan fingerprint density at radius 1 is 1.08 bits per heavy atom. The molecule has 0 saturated carbocycles. The molecule has 0 radical (unpaired) electrons. The lowest BCUT2D eigenvalue weighted by molar-refractivity contribution is -0.0847. The van der Waals surface area contributed by atoms with Gasteiger partial charge in [-0.3, -0.25) is 9.69 Å². The van der Waals surface area contributed by atoms with Gasteiger partial charge in [-0.25, -0.2) is 4.79 Å². The highest BCUT2D eigenvalue weighted by Crippen LogP contribution is 2.34. The van der Waals surface area contributed by atoms with Gasteiger partial charge in [0, 0.05) is 37.7 Å². The first-order valence-corrected chi connectivity index (χ1v) is 12.8. The zero-order chi connectivity index (χ0) is 27.6. The molecule has 4 N–H and O–H groups in total. The van der Waals surface area contributed by atoms with Gasteiger partial charge in [-0.05, 0) is 56.0 Å². The van der Waals surface area contributed by atoms with Crippen LogP contribution in [0.25, 0.3) is 0 Å². The largest absolute Gasteiger partial charge is 0.489 e. The average molecular weight is 528 g/mol. The Morgan fingerprint density at radius 2 is 1.82 bits per heavy atom. The Labute approximate surface area is 222 Å². The molecule has 0 aromatic heterocycles. The van der Waals surface area contributed by atoms with Crippen LogP contribution in [0.1, 0.15) is 66.2 Å². The number of rotatable bonds is 9. The summed E-state index contributed by atoms with van der Waals surface area (Å²) in [5.41, 5.74) is 9.54. The topological polar surface area (TPSA) is 135 Å². The summed E-state index contributed by atoms with van der Waals surface area (Å²) < 4.78 is 16.5. The lowest BCUT2D eigenvalue weighted by atomic mass is 10.1. The van der Waals surface area contributed by atoms with Crippen molar-refractivity contribution < 1.29 is 34.0 Å². The average Bonchev–Trinajstić information content (AvgIpc) is 3.43. The van der Waals surface area contributed by atoms with Gasteiger partial charge in [0.25, 0.3) is 5.91 Å². The lowest BCUT2D eigenvalue weighted by Crippen LogP contribution is -2.48. The van der Waals surface area contributed by atoms with Crippen molar-refractivity contribution in [2.24, 2.45) is 5.73 Å². The summed E-state index contributed by atoms with van der Waals surface area (Å²) in [6, 6.07) is 10.6. The van der Waals surface area contributed by atoms with Crippen LogP contribution in [0.2, 0.25) is 0 Å². The molecular weight excluding hydrogens is 490 g/mol. The highest BCUT2D eigenvalue weighted by molar-refractivity contribution is 5.99. The van der Waals surface area contributed by atoms with Crippen molar-refractivity contribution in [1.29, 1.82) is 0 Å². The van der Waals surface area contributed by atoms with Crippen LogP contribution in [0.5, 0.6) is 5.75 Å². The molecule has 0 bridgehead atoms. The second-order valence-electron chi connectivity index (χ2n) is 10.8. The second-order valence-corrected chi connectivity index (χ2v) is 10.8. The Hall–Kier alpha value is -3.18. The van der Waals surface area contributed by atoms with Gasteiger partial charge in [-0.15, -0.1) is 0 Å². The molecule has 206 valence electrons. The summed E-state index contributed by atoms with van der Waals surface area (Å²) in [7, 11) is 1.39. The SMILES string of the molecule is COC(O)CCC(C(N)O)N1Cc2c(OCc3ccc4c(c3)CN(C(=O)OC(C)(C)C)C4)cccc2C1=O. The molecule has 10 heteroatoms. The van der Waals surface area contributed by atoms with Crippen LogP contribution in [0.15, 0.2) is 36.4 Å². The number of hydrogen-bond acceptors (Lipinski definition) is 8. The predicted octanol–water partition coefficient (Wildman–Crippen LogP) is 2.86. The van der Waals surface area contributed by atoms with E-state index in [9.17, 15) is 19.8 Å². The highest BCUT2D eigenvalue weighted by Gasteiger charge is 2.37. The summed E-state index contributed by atoms with van der Waals surface area (Å²) in [5, 5.41) is 19.9. The molecule has 38 heavy (non-hydrogen) atoms. The van der Waals surface area contributed by atoms with Crippen LogP contribution in [0.3, 0.4) is 0 Å². The molecule has 2 aliphatic rings. The Kier molecular flexibility index (Phi) is 8.27. The van der Waals surface area contributed by atoms with Gasteiger partial charge in [0.1, 0.15) is 24.2 Å². The van der Waals surface area contributed by atoms with Gasteiger partial charge in [-0.2, -0.15) is 0 Å². The lowest BCUT2D eigenvalue weighted by Gasteiger charge is -2.30. The van der Waals surface area contributed by atoms with E-state index in [0.29, 0.717) is 24.4 Å². The van der Waals surface area contributed by atoms with Crippen LogP contribution in [-0.4, -0.2) is 63.3 Å². The Bertz CT molecular complexity index is 1180. The third-order valence-corrected chi connectivity index (χ3v) is 6.77. The maximum Gasteiger partial charge on any atom is 0.410 e. The molecule has 0 spiro atoms. The molecule has 2 aromatic carbocycles. The molecule has 4 rings (SSSR count). The minimum absolute atomic E-state index is 0.225. The Balaban J connectivity index is 1.42. The van der Waals surface area contributed by atoms with Crippen LogP contribution in [0.4, 0.5) is 4.79 Å². The van der Waals surface area contributed by atoms with Gasteiger partial charge in [0.2, 0.25) is 0 Å². The predicted molar refractivity (Wildman–Crippen MR) is 139 cm³/mol. The third kappa shape index (κ3) is 6.27. The maximum absolute atomic E-state index is 13.2. The van der Waals surface area contributed by atoms with Crippen molar-refractivity contribution in [3.05, 3.63) is 64.2 Å². The molecule has 2 amide bonds. The number of fused-ring (bicyclic) bond motifs is 2. The smallest absolute Gasteiger partial charge is 0.410 e. The van der Waals surface area contributed by atoms with Crippen LogP contribution in [0, 0.1) is 0 Å². The molecule has 3 unspecified atom stereocenters. The standard InChI is InChI=1S/C28H37N3O7/c1-28(2,3)38-27(35)30-13-18-9-8-17(12-19(18)14-30)16-37-23-7-5-6-20-21(23)15-31(26(20)34)22(25(29)33)10-11-24(32)36-4/h5-9,12,22,24-25,32-33H,10-11,13-16,29H2,1-4H3. The maximum atomic E-state index is 13.2. The number of aliphatic hydroxyl groups excluding tert-OH is 2. The van der Waals surface area contributed by atoms with Crippen molar-refractivity contribution in [3.63, 3.8) is 0 Å². The molecule has 0 saturated heterocycles. The summed E-state index contributed by atoms with van der Waals surface area (Å²) in [6.45, 7) is 7.05. The minimum Gasteiger partial charge on any atom is -0.489 e. The number of amides is 2. The fourth-order valence-corrected chi connectivity index (χ4v) is 4.83. The number of ether oxygens (including phenoxy) is 3. The summed E-state index contributed by atoms with van der Waals surface area (Å²) in [6.07, 6.45) is -2.11. The third-order valence-electron chi connectivity index (χ3n) is 6.77. The van der Waals surface area contributed by atoms with E-state index in [2.05, 4.69) is 0 Å². The van der Waals surface area contributed by atoms with Crippen molar-refractivity contribution in [1.82, 2.24) is 9.80 Å². The molecule has 0 fully saturated rings. The number of benzene rings is 2. The van der Waals surface area contributed by atoms with E-state index in [1.807, 2.05) is 45.0 Å². The van der Waals surface area contributed by atoms with Crippen molar-refractivity contribution in [2.75, 3.05) is 7.11 Å². The molecular formula is C28H37N3O7. The molecule has 2 aromatic rings. The number of hydrogen-bond donors (Lipinski definition) is 3. The molecule has 0 aliphatic carbocycles. The molecule has 2 heterocycles. The fraction of sp³-hybridized carbons (Fsp3) is 0.500. The zero-order valence-corrected chi connectivity index (χ0v) is 22.3. The van der Waals surface area contributed by atoms with Gasteiger partial charge in [-0.1, -0.05) is 24.3 Å². The van der Waals surface area contributed by atoms with E-state index < -0.39 is 24.2 Å². The van der Waals surface area contributed by atoms with Crippen molar-refractivity contribution in [3.8, 4) is 5.75 Å². The first-order chi connectivity index (χ1) is 18.0. The van der Waals surface area contributed by atoms with E-state index in [1.165, 1.54) is 12.0 Å². The zero-order valence-electron chi connectivity index (χ0n) is 22.3. The number of nitrogens with two attached hydrogens (primary N) is 1. The quantitative estimate of drug-likeness (QED) is 0.424. The molecule has 2 aliphatic heterocycles. The molecule has 3 atom stereocenters. The van der Waals surface area contributed by atoms with Crippen LogP contribution >= 0.6 is 0 Å². The van der Waals surface area contributed by atoms with E-state index in [1.54, 1.807) is 17.0 Å². The normalized spacial score (nSPS) is 17.2. The second kappa shape index (κ2) is 11.3. The van der Waals surface area contributed by atoms with Gasteiger partial charge in [0.15, 0.2) is 6.29 Å². The van der Waals surface area contributed by atoms with Gasteiger partial charge < -0.3 is 35.1 Å². The van der Waals surface area contributed by atoms with E-state index in [0.717, 1.165) is 22.3 Å². The van der Waals surface area contributed by atoms with Crippen molar-refractivity contribution in [2.45, 2.75) is 84.0 Å². The van der Waals surface area contributed by atoms with Crippen molar-refractivity contribution >= 4 is 12.0 Å². The first kappa shape index (κ1) is 27.8.